The Bertz CT molecular complexity index is 2640. The number of nitrogens with one attached hydrogen (secondary N) is 8. The normalized spacial score (nSPS) is 22.6. The van der Waals surface area contributed by atoms with Crippen LogP contribution >= 0.6 is 0 Å². The fourth-order valence-electron chi connectivity index (χ4n) is 11.5. The second-order valence-electron chi connectivity index (χ2n) is 25.8. The molecule has 0 radical (unpaired) electrons. The smallest absolute Gasteiger partial charge is 0.251 e. The number of benzene rings is 3. The Morgan fingerprint density at radius 2 is 0.900 bits per heavy atom. The van der Waals surface area contributed by atoms with Crippen molar-refractivity contribution in [1.29, 1.82) is 0 Å². The minimum absolute atomic E-state index is 0.0204. The quantitative estimate of drug-likeness (QED) is 0.0951. The Labute approximate surface area is 473 Å². The second-order valence-corrected chi connectivity index (χ2v) is 25.8. The number of fused-ring (bicyclic) bond motifs is 2. The van der Waals surface area contributed by atoms with E-state index < -0.39 is 88.2 Å². The maximum atomic E-state index is 14.9. The molecule has 3 aromatic rings. The van der Waals surface area contributed by atoms with Crippen molar-refractivity contribution in [2.24, 2.45) is 10.8 Å². The monoisotopic (exact) mass is 1100 g/mol. The molecule has 4 aliphatic rings. The summed E-state index contributed by atoms with van der Waals surface area (Å²) in [5.41, 5.74) is 3.40. The van der Waals surface area contributed by atoms with Gasteiger partial charge in [0.2, 0.25) is 35.4 Å². The number of carbonyl (C=O) groups is 8. The fraction of sp³-hybridized carbons (Fsp3) is 0.581. The van der Waals surface area contributed by atoms with Crippen LogP contribution in [0.3, 0.4) is 0 Å². The van der Waals surface area contributed by atoms with E-state index in [1.807, 2.05) is 98.7 Å². The van der Waals surface area contributed by atoms with Crippen molar-refractivity contribution in [3.8, 4) is 0 Å². The summed E-state index contributed by atoms with van der Waals surface area (Å²) in [6.07, 6.45) is 5.19. The molecule has 2 heterocycles. The molecule has 2 aliphatic heterocycles. The number of aryl methyl sites for hydroxylation is 2. The Balaban J connectivity index is 1.15. The zero-order valence-electron chi connectivity index (χ0n) is 49.4. The van der Waals surface area contributed by atoms with Gasteiger partial charge in [0, 0.05) is 36.3 Å². The topological polar surface area (TPSA) is 239 Å². The Morgan fingerprint density at radius 1 is 0.525 bits per heavy atom. The highest BCUT2D eigenvalue weighted by atomic mass is 16.2. The van der Waals surface area contributed by atoms with E-state index in [1.54, 1.807) is 40.1 Å². The average Bonchev–Trinajstić information content (AvgIpc) is 4.05. The van der Waals surface area contributed by atoms with Crippen molar-refractivity contribution >= 4 is 47.3 Å². The Kier molecular flexibility index (Phi) is 19.1. The van der Waals surface area contributed by atoms with Gasteiger partial charge in [-0.25, -0.2) is 0 Å². The summed E-state index contributed by atoms with van der Waals surface area (Å²) >= 11 is 0. The minimum Gasteiger partial charge on any atom is -0.347 e. The standard InChI is InChI=1S/C62H88N10O8/c1-35(63-12)52(73)69-50(61(6,7)8)58(79)71-33-42(31-48(71)56(77)67-46-26-18-22-37-20-14-16-24-44(37)46)65-54(75)39-28-40(30-41(29-39)60(3,4)5)55(76)66-43-32-49(57(78)68-47-27-19-23-38-21-15-17-25-45(38)47)72(34-43)59(80)51(62(9,10)11)70-53(74)36(2)64-13/h14-17,20-21,24-25,28-30,35-36,42-43,46-51,63-64H,18-19,22-23,26-27,31-34H2,1-13H3,(H,65,75)(H,66,76)(H,67,77)(H,68,78)(H,69,73)(H,70,74)/t35-,36-,42-,43-,46+,47+,48-,49-,50+,51+/m0/s1. The van der Waals surface area contributed by atoms with Crippen LogP contribution in [0.5, 0.6) is 0 Å². The van der Waals surface area contributed by atoms with Crippen molar-refractivity contribution in [2.75, 3.05) is 27.2 Å². The Hall–Kier alpha value is -6.66. The van der Waals surface area contributed by atoms with Gasteiger partial charge in [-0.2, -0.15) is 0 Å². The molecule has 8 amide bonds. The van der Waals surface area contributed by atoms with E-state index >= 15 is 0 Å². The molecule has 2 fully saturated rings. The Morgan fingerprint density at radius 3 is 1.25 bits per heavy atom. The summed E-state index contributed by atoms with van der Waals surface area (Å²) in [5.74, 6) is -3.40. The first-order valence-electron chi connectivity index (χ1n) is 28.7. The van der Waals surface area contributed by atoms with E-state index in [0.717, 1.165) is 60.8 Å². The third-order valence-electron chi connectivity index (χ3n) is 16.6. The van der Waals surface area contributed by atoms with Crippen molar-refractivity contribution in [1.82, 2.24) is 52.3 Å². The molecule has 8 N–H and O–H groups in total. The largest absolute Gasteiger partial charge is 0.347 e. The van der Waals surface area contributed by atoms with Crippen LogP contribution in [0.2, 0.25) is 0 Å². The summed E-state index contributed by atoms with van der Waals surface area (Å²) < 4.78 is 0. The molecule has 18 nitrogen and oxygen atoms in total. The molecule has 80 heavy (non-hydrogen) atoms. The van der Waals surface area contributed by atoms with Gasteiger partial charge in [0.25, 0.3) is 11.8 Å². The molecule has 0 bridgehead atoms. The fourth-order valence-corrected chi connectivity index (χ4v) is 11.5. The van der Waals surface area contributed by atoms with E-state index in [4.69, 9.17) is 0 Å². The highest BCUT2D eigenvalue weighted by Crippen LogP contribution is 2.34. The van der Waals surface area contributed by atoms with Crippen molar-refractivity contribution in [3.63, 3.8) is 0 Å². The van der Waals surface area contributed by atoms with E-state index in [-0.39, 0.29) is 72.8 Å². The zero-order chi connectivity index (χ0) is 58.6. The highest BCUT2D eigenvalue weighted by Gasteiger charge is 2.48. The van der Waals surface area contributed by atoms with E-state index in [0.29, 0.717) is 5.56 Å². The van der Waals surface area contributed by atoms with Crippen molar-refractivity contribution < 1.29 is 38.4 Å². The molecule has 434 valence electrons. The third-order valence-corrected chi connectivity index (χ3v) is 16.6. The number of likely N-dealkylation sites (tertiary alicyclic amines) is 2. The van der Waals surface area contributed by atoms with Crippen LogP contribution < -0.4 is 42.5 Å². The van der Waals surface area contributed by atoms with Gasteiger partial charge in [0.05, 0.1) is 24.2 Å². The average molecular weight is 1100 g/mol. The SMILES string of the molecule is CN[C@@H](C)C(=O)N[C@H](C(=O)N1C[C@@H](NC(=O)c2cc(C(=O)N[C@H]3C[C@@H](C(=O)N[C@@H]4CCCc5ccccc54)N(C(=O)[C@@H](NC(=O)[C@H](C)NC)C(C)(C)C)C3)cc(C(C)(C)C)c2)C[C@H]1C(=O)N[C@@H]1CCCc2ccccc21)C(C)(C)C. The van der Waals surface area contributed by atoms with Crippen LogP contribution in [0.1, 0.15) is 175 Å². The first-order chi connectivity index (χ1) is 37.6. The summed E-state index contributed by atoms with van der Waals surface area (Å²) in [6.45, 7) is 20.4. The third kappa shape index (κ3) is 14.3. The lowest BCUT2D eigenvalue weighted by atomic mass is 9.84. The van der Waals surface area contributed by atoms with Gasteiger partial charge in [-0.1, -0.05) is 111 Å². The van der Waals surface area contributed by atoms with E-state index in [2.05, 4.69) is 54.7 Å². The van der Waals surface area contributed by atoms with Gasteiger partial charge in [-0.05, 0) is 142 Å². The summed E-state index contributed by atoms with van der Waals surface area (Å²) in [6, 6.07) is 13.9. The molecule has 3 aromatic carbocycles. The number of nitrogens with zero attached hydrogens (tertiary/aromatic N) is 2. The highest BCUT2D eigenvalue weighted by molar-refractivity contribution is 6.01. The maximum Gasteiger partial charge on any atom is 0.251 e. The van der Waals surface area contributed by atoms with Gasteiger partial charge in [-0.15, -0.1) is 0 Å². The van der Waals surface area contributed by atoms with Crippen LogP contribution in [0.4, 0.5) is 0 Å². The van der Waals surface area contributed by atoms with Gasteiger partial charge < -0.3 is 52.3 Å². The predicted octanol–water partition coefficient (Wildman–Crippen LogP) is 5.05. The van der Waals surface area contributed by atoms with Crippen molar-refractivity contribution in [2.45, 2.75) is 193 Å². The lowest BCUT2D eigenvalue weighted by molar-refractivity contribution is -0.144. The maximum absolute atomic E-state index is 14.9. The molecule has 0 aromatic heterocycles. The molecule has 2 aliphatic carbocycles. The van der Waals surface area contributed by atoms with E-state index in [1.165, 1.54) is 15.9 Å². The summed E-state index contributed by atoms with van der Waals surface area (Å²) in [5, 5.41) is 24.4. The summed E-state index contributed by atoms with van der Waals surface area (Å²) in [4.78, 5) is 118. The van der Waals surface area contributed by atoms with Gasteiger partial charge in [0.15, 0.2) is 0 Å². The molecule has 18 heteroatoms. The van der Waals surface area contributed by atoms with E-state index in [9.17, 15) is 38.4 Å². The molecule has 7 rings (SSSR count). The zero-order valence-corrected chi connectivity index (χ0v) is 49.4. The molecule has 0 spiro atoms. The molecule has 0 unspecified atom stereocenters. The van der Waals surface area contributed by atoms with Crippen LogP contribution in [0, 0.1) is 10.8 Å². The molecular weight excluding hydrogens is 1010 g/mol. The van der Waals surface area contributed by atoms with Crippen LogP contribution in [0.15, 0.2) is 66.7 Å². The van der Waals surface area contributed by atoms with Gasteiger partial charge in [-0.3, -0.25) is 38.4 Å². The first-order valence-corrected chi connectivity index (χ1v) is 28.7. The molecular formula is C62H88N10O8. The van der Waals surface area contributed by atoms with Crippen LogP contribution in [0.25, 0.3) is 0 Å². The van der Waals surface area contributed by atoms with Gasteiger partial charge >= 0.3 is 0 Å². The van der Waals surface area contributed by atoms with Crippen molar-refractivity contribution in [3.05, 3.63) is 106 Å². The predicted molar refractivity (Wildman–Crippen MR) is 308 cm³/mol. The number of likely N-dealkylation sites (N-methyl/N-ethyl adjacent to an activating group) is 2. The number of hydrogen-bond acceptors (Lipinski definition) is 10. The molecule has 0 saturated carbocycles. The van der Waals surface area contributed by atoms with Crippen LogP contribution in [-0.2, 0) is 47.0 Å². The first kappa shape index (κ1) is 61.0. The number of rotatable bonds is 16. The minimum atomic E-state index is -1.01. The van der Waals surface area contributed by atoms with Gasteiger partial charge in [0.1, 0.15) is 24.2 Å². The number of hydrogen-bond donors (Lipinski definition) is 8. The second kappa shape index (κ2) is 25.0. The molecule has 2 saturated heterocycles. The molecule has 10 atom stereocenters. The summed E-state index contributed by atoms with van der Waals surface area (Å²) in [7, 11) is 3.31. The number of amides is 8. The number of carbonyl (C=O) groups excluding carboxylic acids is 8. The lowest BCUT2D eigenvalue weighted by Gasteiger charge is -2.36. The van der Waals surface area contributed by atoms with Crippen LogP contribution in [-0.4, -0.2) is 133 Å². The lowest BCUT2D eigenvalue weighted by Crippen LogP contribution is -2.59.